The highest BCUT2D eigenvalue weighted by molar-refractivity contribution is 6.63. The Morgan fingerprint density at radius 3 is 2.19 bits per heavy atom. The molecule has 1 aliphatic rings. The van der Waals surface area contributed by atoms with Crippen LogP contribution in [0.3, 0.4) is 0 Å². The van der Waals surface area contributed by atoms with Crippen LogP contribution < -0.4 is 10.2 Å². The summed E-state index contributed by atoms with van der Waals surface area (Å²) in [6, 6.07) is 4.60. The number of benzene rings is 1. The monoisotopic (exact) mass is 298 g/mol. The molecule has 0 saturated carbocycles. The van der Waals surface area contributed by atoms with Gasteiger partial charge in [-0.25, -0.2) is 8.78 Å². The highest BCUT2D eigenvalue weighted by Gasteiger charge is 2.53. The van der Waals surface area contributed by atoms with Gasteiger partial charge in [-0.1, -0.05) is 12.1 Å². The largest absolute Gasteiger partial charge is 0.499 e. The van der Waals surface area contributed by atoms with Crippen LogP contribution in [0.1, 0.15) is 46.6 Å². The molecule has 3 nitrogen and oxygen atoms in total. The Balaban J connectivity index is 2.48. The van der Waals surface area contributed by atoms with Crippen LogP contribution in [0.15, 0.2) is 18.2 Å². The fourth-order valence-corrected chi connectivity index (χ4v) is 2.25. The maximum Gasteiger partial charge on any atom is 0.499 e. The molecule has 0 aliphatic carbocycles. The Labute approximate surface area is 124 Å². The first kappa shape index (κ1) is 16.2. The molecule has 116 valence electrons. The summed E-state index contributed by atoms with van der Waals surface area (Å²) in [5.74, 6) is 0.383. The van der Waals surface area contributed by atoms with Gasteiger partial charge in [0, 0.05) is 11.0 Å². The Kier molecular flexibility index (Phi) is 4.31. The van der Waals surface area contributed by atoms with E-state index in [4.69, 9.17) is 14.0 Å². The van der Waals surface area contributed by atoms with Gasteiger partial charge in [0.15, 0.2) is 0 Å². The van der Waals surface area contributed by atoms with Crippen LogP contribution >= 0.6 is 0 Å². The van der Waals surface area contributed by atoms with Crippen LogP contribution in [-0.4, -0.2) is 24.9 Å². The fraction of sp³-hybridized carbons (Fsp3) is 0.600. The molecule has 21 heavy (non-hydrogen) atoms. The van der Waals surface area contributed by atoms with Crippen LogP contribution in [0, 0.1) is 0 Å². The molecule has 1 aliphatic heterocycles. The number of rotatable bonds is 4. The zero-order valence-corrected chi connectivity index (χ0v) is 13.1. The van der Waals surface area contributed by atoms with Crippen molar-refractivity contribution in [3.8, 4) is 5.75 Å². The lowest BCUT2D eigenvalue weighted by molar-refractivity contribution is 0.00578. The fourth-order valence-electron chi connectivity index (χ4n) is 2.25. The quantitative estimate of drug-likeness (QED) is 0.798. The van der Waals surface area contributed by atoms with Crippen LogP contribution in [0.4, 0.5) is 8.78 Å². The molecule has 0 radical (unpaired) electrons. The summed E-state index contributed by atoms with van der Waals surface area (Å²) >= 11 is 0. The molecule has 1 fully saturated rings. The van der Waals surface area contributed by atoms with Gasteiger partial charge in [-0.15, -0.1) is 0 Å². The van der Waals surface area contributed by atoms with Crippen molar-refractivity contribution in [2.24, 2.45) is 0 Å². The molecule has 0 aromatic heterocycles. The van der Waals surface area contributed by atoms with Gasteiger partial charge in [0.25, 0.3) is 6.43 Å². The van der Waals surface area contributed by atoms with Crippen LogP contribution in [0.2, 0.25) is 0 Å². The van der Waals surface area contributed by atoms with E-state index in [0.29, 0.717) is 12.4 Å². The summed E-state index contributed by atoms with van der Waals surface area (Å²) in [5.41, 5.74) is -1.00. The van der Waals surface area contributed by atoms with E-state index in [1.54, 1.807) is 12.1 Å². The molecule has 0 unspecified atom stereocenters. The zero-order chi connectivity index (χ0) is 15.8. The van der Waals surface area contributed by atoms with Crippen LogP contribution in [0.25, 0.3) is 0 Å². The first-order chi connectivity index (χ1) is 9.69. The molecule has 0 bridgehead atoms. The number of hydrogen-bond acceptors (Lipinski definition) is 3. The molecule has 2 rings (SSSR count). The number of halogens is 2. The van der Waals surface area contributed by atoms with E-state index in [2.05, 4.69) is 0 Å². The van der Waals surface area contributed by atoms with Crippen LogP contribution in [-0.2, 0) is 9.31 Å². The third kappa shape index (κ3) is 2.92. The van der Waals surface area contributed by atoms with Gasteiger partial charge in [0.1, 0.15) is 5.75 Å². The number of alkyl halides is 2. The van der Waals surface area contributed by atoms with Crippen molar-refractivity contribution < 1.29 is 22.8 Å². The second-order valence-corrected chi connectivity index (χ2v) is 6.08. The van der Waals surface area contributed by atoms with Gasteiger partial charge in [0.05, 0.1) is 17.8 Å². The van der Waals surface area contributed by atoms with E-state index in [1.165, 1.54) is 6.07 Å². The molecule has 0 atom stereocenters. The van der Waals surface area contributed by atoms with E-state index < -0.39 is 24.7 Å². The van der Waals surface area contributed by atoms with Crippen molar-refractivity contribution in [1.29, 1.82) is 0 Å². The summed E-state index contributed by atoms with van der Waals surface area (Å²) in [6.45, 7) is 9.75. The molecule has 1 aromatic rings. The predicted octanol–water partition coefficient (Wildman–Crippen LogP) is 3.32. The SMILES string of the molecule is CCOc1cccc(C(F)F)c1B1OC(C)(C)C(C)(C)O1. The summed E-state index contributed by atoms with van der Waals surface area (Å²) in [4.78, 5) is 0. The lowest BCUT2D eigenvalue weighted by Gasteiger charge is -2.32. The van der Waals surface area contributed by atoms with E-state index in [9.17, 15) is 8.78 Å². The standard InChI is InChI=1S/C15H21BF2O3/c1-6-19-11-9-7-8-10(13(17)18)12(11)16-20-14(2,3)15(4,5)21-16/h7-9,13H,6H2,1-5H3. The Hall–Kier alpha value is -1.14. The molecule has 1 heterocycles. The lowest BCUT2D eigenvalue weighted by atomic mass is 9.75. The third-order valence-electron chi connectivity index (χ3n) is 4.12. The predicted molar refractivity (Wildman–Crippen MR) is 78.3 cm³/mol. The first-order valence-electron chi connectivity index (χ1n) is 7.09. The molecule has 1 saturated heterocycles. The maximum absolute atomic E-state index is 13.3. The third-order valence-corrected chi connectivity index (χ3v) is 4.12. The molecule has 0 amide bonds. The second kappa shape index (κ2) is 5.57. The highest BCUT2D eigenvalue weighted by Crippen LogP contribution is 2.38. The first-order valence-corrected chi connectivity index (χ1v) is 7.09. The summed E-state index contributed by atoms with van der Waals surface area (Å²) in [6.07, 6.45) is -2.61. The normalized spacial score (nSPS) is 20.1. The molecular weight excluding hydrogens is 277 g/mol. The molecule has 6 heteroatoms. The molecule has 0 spiro atoms. The Morgan fingerprint density at radius 1 is 1.14 bits per heavy atom. The summed E-state index contributed by atoms with van der Waals surface area (Å²) in [5, 5.41) is 0. The summed E-state index contributed by atoms with van der Waals surface area (Å²) in [7, 11) is -0.859. The van der Waals surface area contributed by atoms with E-state index in [0.717, 1.165) is 0 Å². The van der Waals surface area contributed by atoms with Crippen molar-refractivity contribution in [3.05, 3.63) is 23.8 Å². The average Bonchev–Trinajstić information content (AvgIpc) is 2.58. The van der Waals surface area contributed by atoms with E-state index >= 15 is 0 Å². The second-order valence-electron chi connectivity index (χ2n) is 6.08. The minimum atomic E-state index is -2.61. The minimum absolute atomic E-state index is 0.112. The van der Waals surface area contributed by atoms with Crippen molar-refractivity contribution in [3.63, 3.8) is 0 Å². The van der Waals surface area contributed by atoms with Crippen molar-refractivity contribution in [2.45, 2.75) is 52.2 Å². The zero-order valence-electron chi connectivity index (χ0n) is 13.1. The van der Waals surface area contributed by atoms with Crippen LogP contribution in [0.5, 0.6) is 5.75 Å². The van der Waals surface area contributed by atoms with Gasteiger partial charge in [-0.05, 0) is 40.7 Å². The summed E-state index contributed by atoms with van der Waals surface area (Å²) < 4.78 is 43.9. The topological polar surface area (TPSA) is 27.7 Å². The Morgan fingerprint density at radius 2 is 1.71 bits per heavy atom. The molecular formula is C15H21BF2O3. The molecule has 0 N–H and O–H groups in total. The highest BCUT2D eigenvalue weighted by atomic mass is 19.3. The lowest BCUT2D eigenvalue weighted by Crippen LogP contribution is -2.41. The van der Waals surface area contributed by atoms with Gasteiger partial charge in [0.2, 0.25) is 0 Å². The average molecular weight is 298 g/mol. The van der Waals surface area contributed by atoms with Gasteiger partial charge < -0.3 is 14.0 Å². The van der Waals surface area contributed by atoms with Crippen molar-refractivity contribution in [1.82, 2.24) is 0 Å². The Bertz CT molecular complexity index is 502. The minimum Gasteiger partial charge on any atom is -0.494 e. The van der Waals surface area contributed by atoms with Gasteiger partial charge >= 0.3 is 7.12 Å². The van der Waals surface area contributed by atoms with E-state index in [1.807, 2.05) is 34.6 Å². The number of hydrogen-bond donors (Lipinski definition) is 0. The van der Waals surface area contributed by atoms with E-state index in [-0.39, 0.29) is 11.0 Å². The van der Waals surface area contributed by atoms with Crippen molar-refractivity contribution in [2.75, 3.05) is 6.61 Å². The molecule has 1 aromatic carbocycles. The smallest absolute Gasteiger partial charge is 0.494 e. The number of ether oxygens (including phenoxy) is 1. The van der Waals surface area contributed by atoms with Gasteiger partial charge in [-0.2, -0.15) is 0 Å². The van der Waals surface area contributed by atoms with Gasteiger partial charge in [-0.3, -0.25) is 0 Å². The maximum atomic E-state index is 13.3. The van der Waals surface area contributed by atoms with Crippen molar-refractivity contribution >= 4 is 12.6 Å².